The molecule has 0 bridgehead atoms. The molecule has 1 fully saturated rings. The van der Waals surface area contributed by atoms with Gasteiger partial charge in [0.15, 0.2) is 5.65 Å². The molecule has 0 saturated carbocycles. The van der Waals surface area contributed by atoms with Crippen molar-refractivity contribution in [2.75, 3.05) is 25.5 Å². The van der Waals surface area contributed by atoms with Gasteiger partial charge in [0.2, 0.25) is 0 Å². The number of alkyl halides is 2. The van der Waals surface area contributed by atoms with Crippen molar-refractivity contribution in [1.82, 2.24) is 19.4 Å². The van der Waals surface area contributed by atoms with Crippen LogP contribution in [-0.4, -0.2) is 56.6 Å². The van der Waals surface area contributed by atoms with E-state index in [4.69, 9.17) is 11.6 Å². The van der Waals surface area contributed by atoms with Crippen molar-refractivity contribution >= 4 is 28.6 Å². The van der Waals surface area contributed by atoms with Gasteiger partial charge in [-0.05, 0) is 43.8 Å². The number of nitrogens with one attached hydrogen (secondary N) is 1. The second-order valence-electron chi connectivity index (χ2n) is 7.31. The van der Waals surface area contributed by atoms with Crippen molar-refractivity contribution in [2.45, 2.75) is 18.9 Å². The zero-order chi connectivity index (χ0) is 20.2. The Kier molecular flexibility index (Phi) is 4.43. The zero-order valence-electron chi connectivity index (χ0n) is 15.7. The van der Waals surface area contributed by atoms with E-state index in [1.807, 2.05) is 14.0 Å². The van der Waals surface area contributed by atoms with Gasteiger partial charge in [0.25, 0.3) is 5.92 Å². The quantitative estimate of drug-likeness (QED) is 0.693. The van der Waals surface area contributed by atoms with Gasteiger partial charge < -0.3 is 15.0 Å². The Balaban J connectivity index is 1.73. The first kappa shape index (κ1) is 18.9. The normalized spacial score (nSPS) is 19.4. The number of anilines is 1. The second kappa shape index (κ2) is 6.56. The highest BCUT2D eigenvalue weighted by molar-refractivity contribution is 6.31. The fraction of sp³-hybridized carbons (Fsp3) is 0.368. The van der Waals surface area contributed by atoms with Crippen LogP contribution in [0, 0.1) is 6.92 Å². The molecule has 6 nitrogen and oxygen atoms in total. The first-order chi connectivity index (χ1) is 13.2. The van der Waals surface area contributed by atoms with Crippen LogP contribution in [0.3, 0.4) is 0 Å². The molecule has 0 aliphatic carbocycles. The number of fused-ring (bicyclic) bond motifs is 1. The van der Waals surface area contributed by atoms with Gasteiger partial charge in [-0.3, -0.25) is 4.90 Å². The molecule has 2 aromatic heterocycles. The minimum Gasteiger partial charge on any atom is -0.507 e. The lowest BCUT2D eigenvalue weighted by Gasteiger charge is -2.19. The van der Waals surface area contributed by atoms with E-state index in [1.165, 1.54) is 6.07 Å². The number of phenols is 1. The van der Waals surface area contributed by atoms with Gasteiger partial charge >= 0.3 is 0 Å². The van der Waals surface area contributed by atoms with E-state index in [-0.39, 0.29) is 18.8 Å². The monoisotopic (exact) mass is 407 g/mol. The number of nitrogens with zero attached hydrogens (tertiary/aromatic N) is 4. The zero-order valence-corrected chi connectivity index (χ0v) is 16.4. The minimum absolute atomic E-state index is 0.0235. The van der Waals surface area contributed by atoms with Crippen LogP contribution in [0.2, 0.25) is 5.02 Å². The maximum Gasteiger partial charge on any atom is 0.281 e. The molecule has 28 heavy (non-hydrogen) atoms. The van der Waals surface area contributed by atoms with Crippen LogP contribution in [-0.2, 0) is 7.05 Å². The fourth-order valence-electron chi connectivity index (χ4n) is 3.70. The highest BCUT2D eigenvalue weighted by atomic mass is 35.5. The molecule has 148 valence electrons. The summed E-state index contributed by atoms with van der Waals surface area (Å²) >= 11 is 5.99. The SMILES string of the molecule is Cc1cc(Cl)cc(O)c1-c1nc2nc(NC3CN(C)CC3(F)F)ccc2n1C. The molecule has 3 aromatic rings. The van der Waals surface area contributed by atoms with E-state index in [0.29, 0.717) is 27.9 Å². The Morgan fingerprint density at radius 1 is 1.25 bits per heavy atom. The van der Waals surface area contributed by atoms with Gasteiger partial charge in [-0.1, -0.05) is 11.6 Å². The number of rotatable bonds is 3. The third-order valence-corrected chi connectivity index (χ3v) is 5.27. The Bertz CT molecular complexity index is 1040. The summed E-state index contributed by atoms with van der Waals surface area (Å²) in [6.07, 6.45) is 0. The molecule has 1 aromatic carbocycles. The predicted octanol–water partition coefficient (Wildman–Crippen LogP) is 3.66. The molecule has 1 aliphatic heterocycles. The van der Waals surface area contributed by atoms with E-state index in [9.17, 15) is 13.9 Å². The van der Waals surface area contributed by atoms with Gasteiger partial charge in [-0.2, -0.15) is 0 Å². The number of hydrogen-bond acceptors (Lipinski definition) is 5. The minimum atomic E-state index is -2.83. The Labute approximate surface area is 165 Å². The van der Waals surface area contributed by atoms with Crippen LogP contribution in [0.1, 0.15) is 5.56 Å². The predicted molar refractivity (Wildman–Crippen MR) is 105 cm³/mol. The van der Waals surface area contributed by atoms with Crippen molar-refractivity contribution < 1.29 is 13.9 Å². The summed E-state index contributed by atoms with van der Waals surface area (Å²) in [5, 5.41) is 13.6. The van der Waals surface area contributed by atoms with Crippen molar-refractivity contribution in [3.8, 4) is 17.1 Å². The molecule has 4 rings (SSSR count). The van der Waals surface area contributed by atoms with E-state index >= 15 is 0 Å². The van der Waals surface area contributed by atoms with Crippen LogP contribution in [0.25, 0.3) is 22.6 Å². The van der Waals surface area contributed by atoms with E-state index < -0.39 is 12.0 Å². The summed E-state index contributed by atoms with van der Waals surface area (Å²) in [6.45, 7) is 1.78. The Morgan fingerprint density at radius 3 is 2.64 bits per heavy atom. The van der Waals surface area contributed by atoms with Gasteiger partial charge in [0, 0.05) is 18.6 Å². The summed E-state index contributed by atoms with van der Waals surface area (Å²) in [5.74, 6) is -1.94. The highest BCUT2D eigenvalue weighted by Crippen LogP contribution is 2.36. The number of phenolic OH excluding ortho intramolecular Hbond substituents is 1. The molecule has 0 amide bonds. The Morgan fingerprint density at radius 2 is 2.00 bits per heavy atom. The number of hydrogen-bond donors (Lipinski definition) is 2. The largest absolute Gasteiger partial charge is 0.507 e. The van der Waals surface area contributed by atoms with Gasteiger partial charge in [0.1, 0.15) is 23.4 Å². The Hall–Kier alpha value is -2.45. The number of aromatic nitrogens is 3. The van der Waals surface area contributed by atoms with E-state index in [1.54, 1.807) is 34.7 Å². The van der Waals surface area contributed by atoms with Crippen LogP contribution < -0.4 is 5.32 Å². The van der Waals surface area contributed by atoms with Crippen molar-refractivity contribution in [3.63, 3.8) is 0 Å². The molecule has 3 heterocycles. The smallest absolute Gasteiger partial charge is 0.281 e. The number of pyridine rings is 1. The standard InChI is InChI=1S/C19H20ClF2N5O/c1-10-6-11(20)7-13(28)16(10)18-25-17-12(27(18)3)4-5-15(24-17)23-14-8-26(2)9-19(14,21)22/h4-7,14,28H,8-9H2,1-3H3,(H,23,24). The van der Waals surface area contributed by atoms with E-state index in [2.05, 4.69) is 15.3 Å². The average Bonchev–Trinajstić information content (AvgIpc) is 3.02. The lowest BCUT2D eigenvalue weighted by Crippen LogP contribution is -2.38. The summed E-state index contributed by atoms with van der Waals surface area (Å²) < 4.78 is 30.0. The number of likely N-dealkylation sites (N-methyl/N-ethyl adjacent to an activating group) is 1. The lowest BCUT2D eigenvalue weighted by molar-refractivity contribution is 0.00597. The van der Waals surface area contributed by atoms with Gasteiger partial charge in [-0.25, -0.2) is 18.7 Å². The summed E-state index contributed by atoms with van der Waals surface area (Å²) in [5.41, 5.74) is 2.47. The molecular formula is C19H20ClF2N5O. The summed E-state index contributed by atoms with van der Waals surface area (Å²) in [6, 6.07) is 5.64. The molecule has 1 unspecified atom stereocenters. The maximum absolute atomic E-state index is 14.1. The first-order valence-electron chi connectivity index (χ1n) is 8.81. The highest BCUT2D eigenvalue weighted by Gasteiger charge is 2.47. The van der Waals surface area contributed by atoms with E-state index in [0.717, 1.165) is 11.1 Å². The first-order valence-corrected chi connectivity index (χ1v) is 9.19. The van der Waals surface area contributed by atoms with Crippen molar-refractivity contribution in [3.05, 3.63) is 34.9 Å². The van der Waals surface area contributed by atoms with Crippen LogP contribution in [0.5, 0.6) is 5.75 Å². The third kappa shape index (κ3) is 3.16. The topological polar surface area (TPSA) is 66.2 Å². The fourth-order valence-corrected chi connectivity index (χ4v) is 3.97. The lowest BCUT2D eigenvalue weighted by atomic mass is 10.1. The maximum atomic E-state index is 14.1. The summed E-state index contributed by atoms with van der Waals surface area (Å²) in [7, 11) is 3.48. The van der Waals surface area contributed by atoms with Crippen LogP contribution >= 0.6 is 11.6 Å². The number of benzene rings is 1. The molecule has 1 atom stereocenters. The van der Waals surface area contributed by atoms with Crippen LogP contribution in [0.15, 0.2) is 24.3 Å². The number of imidazole rings is 1. The van der Waals surface area contributed by atoms with Gasteiger partial charge in [-0.15, -0.1) is 0 Å². The number of likely N-dealkylation sites (tertiary alicyclic amines) is 1. The van der Waals surface area contributed by atoms with Crippen molar-refractivity contribution in [2.24, 2.45) is 7.05 Å². The number of halogens is 3. The molecule has 2 N–H and O–H groups in total. The number of aromatic hydroxyl groups is 1. The molecule has 9 heteroatoms. The summed E-state index contributed by atoms with van der Waals surface area (Å²) in [4.78, 5) is 10.5. The molecule has 0 radical (unpaired) electrons. The number of aryl methyl sites for hydroxylation is 2. The second-order valence-corrected chi connectivity index (χ2v) is 7.74. The molecular weight excluding hydrogens is 388 g/mol. The molecule has 1 saturated heterocycles. The average molecular weight is 408 g/mol. The van der Waals surface area contributed by atoms with Gasteiger partial charge in [0.05, 0.1) is 17.6 Å². The van der Waals surface area contributed by atoms with Crippen LogP contribution in [0.4, 0.5) is 14.6 Å². The van der Waals surface area contributed by atoms with Crippen molar-refractivity contribution in [1.29, 1.82) is 0 Å². The third-order valence-electron chi connectivity index (χ3n) is 5.06. The molecule has 0 spiro atoms. The molecule has 1 aliphatic rings.